The molecule has 0 spiro atoms. The molecule has 1 aliphatic heterocycles. The van der Waals surface area contributed by atoms with Gasteiger partial charge in [0.1, 0.15) is 5.75 Å². The number of hydrogen-bond donors (Lipinski definition) is 0. The summed E-state index contributed by atoms with van der Waals surface area (Å²) >= 11 is 0. The molecule has 1 atom stereocenters. The first-order valence-electron chi connectivity index (χ1n) is 8.92. The van der Waals surface area contributed by atoms with E-state index in [1.165, 1.54) is 0 Å². The molecule has 0 saturated carbocycles. The number of amides is 1. The Bertz CT molecular complexity index is 976. The second kappa shape index (κ2) is 6.87. The Morgan fingerprint density at radius 1 is 1.11 bits per heavy atom. The Kier molecular flexibility index (Phi) is 4.39. The summed E-state index contributed by atoms with van der Waals surface area (Å²) in [4.78, 5) is 19.0. The highest BCUT2D eigenvalue weighted by molar-refractivity contribution is 5.97. The zero-order valence-corrected chi connectivity index (χ0v) is 15.6. The van der Waals surface area contributed by atoms with E-state index in [-0.39, 0.29) is 11.8 Å². The topological polar surface area (TPSA) is 68.5 Å². The van der Waals surface area contributed by atoms with Crippen LogP contribution in [0.25, 0.3) is 11.5 Å². The molecule has 1 aromatic heterocycles. The molecule has 4 rings (SSSR count). The van der Waals surface area contributed by atoms with Crippen molar-refractivity contribution in [1.82, 2.24) is 10.1 Å². The number of anilines is 1. The maximum atomic E-state index is 12.7. The SMILES string of the molecule is COc1ccccc1-c1nc(C2CC(=O)N(c3c(C)cccc3C)C2)no1. The molecule has 0 bridgehead atoms. The number of carbonyl (C=O) groups excluding carboxylic acids is 1. The van der Waals surface area contributed by atoms with Crippen LogP contribution in [0.4, 0.5) is 5.69 Å². The number of ether oxygens (including phenoxy) is 1. The fourth-order valence-electron chi connectivity index (χ4n) is 3.66. The maximum absolute atomic E-state index is 12.7. The third-order valence-electron chi connectivity index (χ3n) is 4.98. The Hall–Kier alpha value is -3.15. The predicted molar refractivity (Wildman–Crippen MR) is 102 cm³/mol. The quantitative estimate of drug-likeness (QED) is 0.703. The Morgan fingerprint density at radius 2 is 1.85 bits per heavy atom. The lowest BCUT2D eigenvalue weighted by Gasteiger charge is -2.21. The number of hydrogen-bond acceptors (Lipinski definition) is 5. The molecular weight excluding hydrogens is 342 g/mol. The third-order valence-corrected chi connectivity index (χ3v) is 4.98. The standard InChI is InChI=1S/C21H21N3O3/c1-13-7-6-8-14(2)19(13)24-12-15(11-18(24)25)20-22-21(27-23-20)16-9-4-5-10-17(16)26-3/h4-10,15H,11-12H2,1-3H3. The van der Waals surface area contributed by atoms with Crippen molar-refractivity contribution >= 4 is 11.6 Å². The van der Waals surface area contributed by atoms with Crippen LogP contribution in [0.5, 0.6) is 5.75 Å². The van der Waals surface area contributed by atoms with Crippen molar-refractivity contribution in [2.24, 2.45) is 0 Å². The number of methoxy groups -OCH3 is 1. The monoisotopic (exact) mass is 363 g/mol. The van der Waals surface area contributed by atoms with Crippen molar-refractivity contribution in [3.05, 3.63) is 59.4 Å². The molecule has 2 heterocycles. The number of aryl methyl sites for hydroxylation is 2. The molecule has 1 aliphatic rings. The van der Waals surface area contributed by atoms with Gasteiger partial charge in [0.15, 0.2) is 5.82 Å². The molecule has 2 aromatic carbocycles. The summed E-state index contributed by atoms with van der Waals surface area (Å²) in [5.74, 6) is 1.62. The van der Waals surface area contributed by atoms with Gasteiger partial charge in [-0.2, -0.15) is 4.98 Å². The molecule has 6 heteroatoms. The van der Waals surface area contributed by atoms with E-state index >= 15 is 0 Å². The molecular formula is C21H21N3O3. The van der Waals surface area contributed by atoms with Crippen LogP contribution >= 0.6 is 0 Å². The number of aromatic nitrogens is 2. The third kappa shape index (κ3) is 3.07. The fourth-order valence-corrected chi connectivity index (χ4v) is 3.66. The molecule has 138 valence electrons. The van der Waals surface area contributed by atoms with E-state index in [0.29, 0.717) is 30.4 Å². The van der Waals surface area contributed by atoms with Crippen LogP contribution in [-0.2, 0) is 4.79 Å². The largest absolute Gasteiger partial charge is 0.496 e. The van der Waals surface area contributed by atoms with Gasteiger partial charge in [-0.15, -0.1) is 0 Å². The minimum Gasteiger partial charge on any atom is -0.496 e. The summed E-state index contributed by atoms with van der Waals surface area (Å²) in [5, 5.41) is 4.14. The molecule has 1 saturated heterocycles. The highest BCUT2D eigenvalue weighted by Gasteiger charge is 2.35. The predicted octanol–water partition coefficient (Wildman–Crippen LogP) is 3.88. The smallest absolute Gasteiger partial charge is 0.261 e. The molecule has 1 unspecified atom stereocenters. The van der Waals surface area contributed by atoms with E-state index < -0.39 is 0 Å². The first-order valence-corrected chi connectivity index (χ1v) is 8.92. The van der Waals surface area contributed by atoms with E-state index in [1.54, 1.807) is 7.11 Å². The summed E-state index contributed by atoms with van der Waals surface area (Å²) in [7, 11) is 1.61. The van der Waals surface area contributed by atoms with Gasteiger partial charge in [-0.3, -0.25) is 4.79 Å². The van der Waals surface area contributed by atoms with E-state index in [0.717, 1.165) is 22.4 Å². The molecule has 0 N–H and O–H groups in total. The van der Waals surface area contributed by atoms with E-state index in [9.17, 15) is 4.79 Å². The van der Waals surface area contributed by atoms with E-state index in [1.807, 2.05) is 61.2 Å². The maximum Gasteiger partial charge on any atom is 0.261 e. The molecule has 27 heavy (non-hydrogen) atoms. The molecule has 1 amide bonds. The van der Waals surface area contributed by atoms with Crippen LogP contribution in [-0.4, -0.2) is 29.7 Å². The van der Waals surface area contributed by atoms with Crippen LogP contribution in [0.15, 0.2) is 47.0 Å². The number of rotatable bonds is 4. The van der Waals surface area contributed by atoms with Gasteiger partial charge in [0.2, 0.25) is 5.91 Å². The van der Waals surface area contributed by atoms with E-state index in [4.69, 9.17) is 9.26 Å². The Labute approximate surface area is 157 Å². The molecule has 0 radical (unpaired) electrons. The second-order valence-corrected chi connectivity index (χ2v) is 6.80. The van der Waals surface area contributed by atoms with Crippen molar-refractivity contribution in [2.45, 2.75) is 26.2 Å². The average molecular weight is 363 g/mol. The van der Waals surface area contributed by atoms with Gasteiger partial charge in [-0.1, -0.05) is 35.5 Å². The summed E-state index contributed by atoms with van der Waals surface area (Å²) in [6.45, 7) is 4.60. The van der Waals surface area contributed by atoms with Crippen LogP contribution in [0.3, 0.4) is 0 Å². The normalized spacial score (nSPS) is 16.8. The summed E-state index contributed by atoms with van der Waals surface area (Å²) < 4.78 is 10.8. The highest BCUT2D eigenvalue weighted by atomic mass is 16.5. The zero-order chi connectivity index (χ0) is 19.0. The van der Waals surface area contributed by atoms with Crippen molar-refractivity contribution in [3.8, 4) is 17.2 Å². The van der Waals surface area contributed by atoms with Gasteiger partial charge in [0, 0.05) is 24.6 Å². The minimum absolute atomic E-state index is 0.0843. The number of nitrogens with zero attached hydrogens (tertiary/aromatic N) is 3. The first kappa shape index (κ1) is 17.3. The number of carbonyl (C=O) groups is 1. The van der Waals surface area contributed by atoms with Crippen molar-refractivity contribution in [1.29, 1.82) is 0 Å². The highest BCUT2D eigenvalue weighted by Crippen LogP contribution is 2.35. The Morgan fingerprint density at radius 3 is 2.59 bits per heavy atom. The van der Waals surface area contributed by atoms with Gasteiger partial charge < -0.3 is 14.2 Å². The van der Waals surface area contributed by atoms with Gasteiger partial charge >= 0.3 is 0 Å². The van der Waals surface area contributed by atoms with Gasteiger partial charge in [0.25, 0.3) is 5.89 Å². The molecule has 1 fully saturated rings. The lowest BCUT2D eigenvalue weighted by Crippen LogP contribution is -2.26. The van der Waals surface area contributed by atoms with Gasteiger partial charge in [0.05, 0.1) is 12.7 Å². The van der Waals surface area contributed by atoms with Crippen LogP contribution in [0, 0.1) is 13.8 Å². The second-order valence-electron chi connectivity index (χ2n) is 6.80. The lowest BCUT2D eigenvalue weighted by atomic mass is 10.1. The van der Waals surface area contributed by atoms with Crippen molar-refractivity contribution < 1.29 is 14.1 Å². The number of para-hydroxylation sites is 2. The van der Waals surface area contributed by atoms with Gasteiger partial charge in [-0.25, -0.2) is 0 Å². The fraction of sp³-hybridized carbons (Fsp3) is 0.286. The summed E-state index contributed by atoms with van der Waals surface area (Å²) in [6, 6.07) is 13.6. The van der Waals surface area contributed by atoms with Crippen molar-refractivity contribution in [2.75, 3.05) is 18.6 Å². The molecule has 0 aliphatic carbocycles. The van der Waals surface area contributed by atoms with Crippen molar-refractivity contribution in [3.63, 3.8) is 0 Å². The van der Waals surface area contributed by atoms with Crippen LogP contribution in [0.1, 0.15) is 29.3 Å². The van der Waals surface area contributed by atoms with E-state index in [2.05, 4.69) is 10.1 Å². The summed E-state index contributed by atoms with van der Waals surface area (Å²) in [6.07, 6.45) is 0.374. The Balaban J connectivity index is 1.61. The number of benzene rings is 2. The van der Waals surface area contributed by atoms with Gasteiger partial charge in [-0.05, 0) is 37.1 Å². The van der Waals surface area contributed by atoms with Crippen LogP contribution < -0.4 is 9.64 Å². The average Bonchev–Trinajstić information content (AvgIpc) is 3.29. The lowest BCUT2D eigenvalue weighted by molar-refractivity contribution is -0.117. The van der Waals surface area contributed by atoms with Crippen LogP contribution in [0.2, 0.25) is 0 Å². The first-order chi connectivity index (χ1) is 13.1. The molecule has 3 aromatic rings. The zero-order valence-electron chi connectivity index (χ0n) is 15.6. The summed E-state index contributed by atoms with van der Waals surface area (Å²) in [5.41, 5.74) is 3.91. The molecule has 6 nitrogen and oxygen atoms in total. The minimum atomic E-state index is -0.0938.